The average molecular weight is 313 g/mol. The smallest absolute Gasteiger partial charge is 0.253 e. The van der Waals surface area contributed by atoms with Gasteiger partial charge in [-0.3, -0.25) is 9.59 Å². The van der Waals surface area contributed by atoms with Gasteiger partial charge in [0.1, 0.15) is 0 Å². The van der Waals surface area contributed by atoms with Crippen LogP contribution in [0.25, 0.3) is 0 Å². The van der Waals surface area contributed by atoms with Crippen LogP contribution in [0.3, 0.4) is 0 Å². The summed E-state index contributed by atoms with van der Waals surface area (Å²) in [6.07, 6.45) is 1.10. The van der Waals surface area contributed by atoms with Crippen molar-refractivity contribution in [1.29, 1.82) is 0 Å². The van der Waals surface area contributed by atoms with Crippen LogP contribution in [0.1, 0.15) is 37.0 Å². The summed E-state index contributed by atoms with van der Waals surface area (Å²) in [5.41, 5.74) is 0.796. The Morgan fingerprint density at radius 3 is 2.62 bits per heavy atom. The van der Waals surface area contributed by atoms with Crippen LogP contribution in [0.5, 0.6) is 0 Å². The van der Waals surface area contributed by atoms with Gasteiger partial charge in [0.25, 0.3) is 5.91 Å². The molecule has 0 heterocycles. The zero-order chi connectivity index (χ0) is 15.8. The van der Waals surface area contributed by atoms with Gasteiger partial charge in [0.05, 0.1) is 17.4 Å². The van der Waals surface area contributed by atoms with E-state index in [0.717, 1.165) is 6.42 Å². The van der Waals surface area contributed by atoms with E-state index in [4.69, 9.17) is 16.3 Å². The summed E-state index contributed by atoms with van der Waals surface area (Å²) in [4.78, 5) is 23.7. The fraction of sp³-hybridized carbons (Fsp3) is 0.467. The van der Waals surface area contributed by atoms with Gasteiger partial charge in [-0.15, -0.1) is 0 Å². The Morgan fingerprint density at radius 1 is 1.33 bits per heavy atom. The number of anilines is 1. The number of amides is 2. The van der Waals surface area contributed by atoms with Gasteiger partial charge in [-0.25, -0.2) is 0 Å². The zero-order valence-electron chi connectivity index (χ0n) is 12.5. The van der Waals surface area contributed by atoms with Crippen molar-refractivity contribution in [2.24, 2.45) is 0 Å². The van der Waals surface area contributed by atoms with Crippen molar-refractivity contribution in [2.45, 2.75) is 32.8 Å². The number of halogens is 1. The van der Waals surface area contributed by atoms with Gasteiger partial charge in [0.2, 0.25) is 5.91 Å². The van der Waals surface area contributed by atoms with Crippen LogP contribution in [0, 0.1) is 0 Å². The summed E-state index contributed by atoms with van der Waals surface area (Å²) in [5.74, 6) is -0.441. The van der Waals surface area contributed by atoms with Gasteiger partial charge in [-0.05, 0) is 24.6 Å². The quantitative estimate of drug-likeness (QED) is 0.813. The Hall–Kier alpha value is -1.59. The molecule has 0 aromatic heterocycles. The normalized spacial score (nSPS) is 11.8. The molecule has 116 valence electrons. The molecule has 5 nitrogen and oxygen atoms in total. The second kappa shape index (κ2) is 8.64. The van der Waals surface area contributed by atoms with Crippen molar-refractivity contribution in [3.8, 4) is 0 Å². The number of carbonyl (C=O) groups is 2. The first-order valence-corrected chi connectivity index (χ1v) is 7.29. The van der Waals surface area contributed by atoms with Crippen molar-refractivity contribution in [1.82, 2.24) is 5.32 Å². The highest BCUT2D eigenvalue weighted by Gasteiger charge is 2.15. The van der Waals surface area contributed by atoms with Crippen LogP contribution in [0.2, 0.25) is 5.02 Å². The van der Waals surface area contributed by atoms with E-state index < -0.39 is 0 Å². The average Bonchev–Trinajstić information content (AvgIpc) is 2.48. The molecule has 0 fully saturated rings. The minimum atomic E-state index is -0.270. The van der Waals surface area contributed by atoms with Gasteiger partial charge in [0.15, 0.2) is 0 Å². The molecule has 0 aliphatic rings. The number of hydrogen-bond acceptors (Lipinski definition) is 3. The zero-order valence-corrected chi connectivity index (χ0v) is 13.3. The van der Waals surface area contributed by atoms with Crippen molar-refractivity contribution < 1.29 is 14.3 Å². The topological polar surface area (TPSA) is 67.4 Å². The molecule has 21 heavy (non-hydrogen) atoms. The molecule has 0 bridgehead atoms. The van der Waals surface area contributed by atoms with Gasteiger partial charge in [-0.2, -0.15) is 0 Å². The van der Waals surface area contributed by atoms with Crippen LogP contribution in [-0.2, 0) is 9.53 Å². The standard InChI is InChI=1S/C15H21ClN2O3/c1-4-11(21-3)9-17-15(20)12-7-6-10(16)8-13(12)18-14(19)5-2/h6-8,11H,4-5,9H2,1-3H3,(H,17,20)(H,18,19)/t11-/m1/s1. The number of hydrogen-bond donors (Lipinski definition) is 2. The fourth-order valence-electron chi connectivity index (χ4n) is 1.75. The Morgan fingerprint density at radius 2 is 2.05 bits per heavy atom. The van der Waals surface area contributed by atoms with Crippen LogP contribution >= 0.6 is 11.6 Å². The second-order valence-electron chi connectivity index (χ2n) is 4.57. The highest BCUT2D eigenvalue weighted by atomic mass is 35.5. The minimum absolute atomic E-state index is 0.0325. The maximum Gasteiger partial charge on any atom is 0.253 e. The van der Waals surface area contributed by atoms with Crippen LogP contribution < -0.4 is 10.6 Å². The molecule has 0 saturated heterocycles. The van der Waals surface area contributed by atoms with E-state index in [1.807, 2.05) is 6.92 Å². The highest BCUT2D eigenvalue weighted by molar-refractivity contribution is 6.31. The Bertz CT molecular complexity index is 502. The lowest BCUT2D eigenvalue weighted by Crippen LogP contribution is -2.33. The molecule has 1 rings (SSSR count). The first kappa shape index (κ1) is 17.5. The maximum absolute atomic E-state index is 12.2. The molecular formula is C15H21ClN2O3. The van der Waals surface area contributed by atoms with Crippen LogP contribution in [-0.4, -0.2) is 31.6 Å². The Kier molecular flexibility index (Phi) is 7.19. The highest BCUT2D eigenvalue weighted by Crippen LogP contribution is 2.21. The molecule has 0 spiro atoms. The molecule has 1 aromatic rings. The third-order valence-electron chi connectivity index (χ3n) is 3.10. The molecule has 1 aromatic carbocycles. The third-order valence-corrected chi connectivity index (χ3v) is 3.34. The number of ether oxygens (including phenoxy) is 1. The molecule has 1 atom stereocenters. The second-order valence-corrected chi connectivity index (χ2v) is 5.00. The first-order chi connectivity index (χ1) is 10.0. The Balaban J connectivity index is 2.85. The lowest BCUT2D eigenvalue weighted by atomic mass is 10.1. The molecule has 0 radical (unpaired) electrons. The van der Waals surface area contributed by atoms with E-state index in [9.17, 15) is 9.59 Å². The summed E-state index contributed by atoms with van der Waals surface area (Å²) in [5, 5.41) is 5.94. The van der Waals surface area contributed by atoms with E-state index in [0.29, 0.717) is 29.2 Å². The summed E-state index contributed by atoms with van der Waals surface area (Å²) < 4.78 is 5.21. The van der Waals surface area contributed by atoms with Crippen molar-refractivity contribution in [3.63, 3.8) is 0 Å². The molecule has 2 amide bonds. The lowest BCUT2D eigenvalue weighted by molar-refractivity contribution is -0.115. The number of rotatable bonds is 7. The minimum Gasteiger partial charge on any atom is -0.380 e. The summed E-state index contributed by atoms with van der Waals surface area (Å²) in [6.45, 7) is 4.13. The van der Waals surface area contributed by atoms with E-state index in [1.165, 1.54) is 0 Å². The van der Waals surface area contributed by atoms with E-state index in [1.54, 1.807) is 32.2 Å². The molecule has 0 aliphatic heterocycles. The van der Waals surface area contributed by atoms with Crippen molar-refractivity contribution in [3.05, 3.63) is 28.8 Å². The lowest BCUT2D eigenvalue weighted by Gasteiger charge is -2.15. The Labute approximate surface area is 130 Å². The monoisotopic (exact) mass is 312 g/mol. The fourth-order valence-corrected chi connectivity index (χ4v) is 1.92. The number of benzene rings is 1. The predicted molar refractivity (Wildman–Crippen MR) is 83.8 cm³/mol. The molecule has 0 saturated carbocycles. The SMILES string of the molecule is CCC(=O)Nc1cc(Cl)ccc1C(=O)NC[C@@H](CC)OC. The maximum atomic E-state index is 12.2. The molecule has 0 unspecified atom stereocenters. The van der Waals surface area contributed by atoms with Crippen molar-refractivity contribution in [2.75, 3.05) is 19.0 Å². The van der Waals surface area contributed by atoms with Crippen molar-refractivity contribution >= 4 is 29.1 Å². The largest absolute Gasteiger partial charge is 0.380 e. The number of methoxy groups -OCH3 is 1. The number of nitrogens with one attached hydrogen (secondary N) is 2. The summed E-state index contributed by atoms with van der Waals surface area (Å²) in [6, 6.07) is 4.78. The molecular weight excluding hydrogens is 292 g/mol. The van der Waals surface area contributed by atoms with Gasteiger partial charge < -0.3 is 15.4 Å². The first-order valence-electron chi connectivity index (χ1n) is 6.92. The predicted octanol–water partition coefficient (Wildman–Crippen LogP) is 2.84. The third kappa shape index (κ3) is 5.36. The summed E-state index contributed by atoms with van der Waals surface area (Å²) in [7, 11) is 1.61. The van der Waals surface area contributed by atoms with E-state index >= 15 is 0 Å². The van der Waals surface area contributed by atoms with Crippen LogP contribution in [0.15, 0.2) is 18.2 Å². The van der Waals surface area contributed by atoms with E-state index in [2.05, 4.69) is 10.6 Å². The van der Waals surface area contributed by atoms with Gasteiger partial charge >= 0.3 is 0 Å². The van der Waals surface area contributed by atoms with Gasteiger partial charge in [-0.1, -0.05) is 25.4 Å². The van der Waals surface area contributed by atoms with Crippen LogP contribution in [0.4, 0.5) is 5.69 Å². The van der Waals surface area contributed by atoms with E-state index in [-0.39, 0.29) is 17.9 Å². The molecule has 2 N–H and O–H groups in total. The number of carbonyl (C=O) groups excluding carboxylic acids is 2. The van der Waals surface area contributed by atoms with Gasteiger partial charge in [0, 0.05) is 25.1 Å². The molecule has 0 aliphatic carbocycles. The summed E-state index contributed by atoms with van der Waals surface area (Å²) >= 11 is 5.92. The molecule has 6 heteroatoms.